The van der Waals surface area contributed by atoms with Crippen LogP contribution >= 0.6 is 0 Å². The van der Waals surface area contributed by atoms with Gasteiger partial charge in [-0.05, 0) is 56.0 Å². The number of rotatable bonds is 2. The third-order valence-corrected chi connectivity index (χ3v) is 2.80. The average Bonchev–Trinajstić information content (AvgIpc) is 2.20. The van der Waals surface area contributed by atoms with E-state index in [9.17, 15) is 5.11 Å². The van der Waals surface area contributed by atoms with Crippen LogP contribution in [0, 0.1) is 13.8 Å². The quantitative estimate of drug-likeness (QED) is 0.773. The Morgan fingerprint density at radius 1 is 1.19 bits per heavy atom. The van der Waals surface area contributed by atoms with Gasteiger partial charge in [0.05, 0.1) is 6.10 Å². The molecule has 0 saturated heterocycles. The average molecular weight is 218 g/mol. The van der Waals surface area contributed by atoms with Gasteiger partial charge in [-0.3, -0.25) is 0 Å². The van der Waals surface area contributed by atoms with E-state index < -0.39 is 0 Å². The third kappa shape index (κ3) is 2.64. The van der Waals surface area contributed by atoms with E-state index in [-0.39, 0.29) is 12.2 Å². The van der Waals surface area contributed by atoms with Crippen molar-refractivity contribution in [2.24, 2.45) is 0 Å². The molecule has 1 aromatic carbocycles. The van der Waals surface area contributed by atoms with Crippen molar-refractivity contribution in [3.05, 3.63) is 41.5 Å². The highest BCUT2D eigenvalue weighted by molar-refractivity contribution is 5.33. The molecule has 0 heterocycles. The van der Waals surface area contributed by atoms with E-state index in [1.54, 1.807) is 0 Å². The number of aryl methyl sites for hydroxylation is 2. The predicted octanol–water partition coefficient (Wildman–Crippen LogP) is 2.76. The fraction of sp³-hybridized carbons (Fsp3) is 0.429. The fourth-order valence-corrected chi connectivity index (χ4v) is 2.07. The van der Waals surface area contributed by atoms with E-state index in [2.05, 4.69) is 12.1 Å². The Bertz CT molecular complexity index is 375. The Balaban J connectivity index is 2.13. The topological polar surface area (TPSA) is 29.5 Å². The molecule has 86 valence electrons. The molecule has 1 aliphatic carbocycles. The molecule has 0 aliphatic heterocycles. The van der Waals surface area contributed by atoms with Gasteiger partial charge in [0.2, 0.25) is 0 Å². The molecule has 1 aromatic rings. The minimum atomic E-state index is -0.384. The summed E-state index contributed by atoms with van der Waals surface area (Å²) in [6.45, 7) is 4.10. The summed E-state index contributed by atoms with van der Waals surface area (Å²) in [6.07, 6.45) is 5.16. The van der Waals surface area contributed by atoms with E-state index in [1.807, 2.05) is 32.1 Å². The van der Waals surface area contributed by atoms with Crippen molar-refractivity contribution >= 4 is 0 Å². The summed E-state index contributed by atoms with van der Waals surface area (Å²) in [5.74, 6) is 0.841. The highest BCUT2D eigenvalue weighted by Crippen LogP contribution is 2.21. The van der Waals surface area contributed by atoms with Crippen molar-refractivity contribution in [3.8, 4) is 5.75 Å². The number of ether oxygens (including phenoxy) is 1. The molecule has 0 spiro atoms. The molecule has 0 aromatic heterocycles. The molecule has 0 amide bonds. The Morgan fingerprint density at radius 2 is 1.88 bits per heavy atom. The molecule has 2 atom stereocenters. The van der Waals surface area contributed by atoms with Crippen molar-refractivity contribution in [1.82, 2.24) is 0 Å². The van der Waals surface area contributed by atoms with Gasteiger partial charge in [0.25, 0.3) is 0 Å². The lowest BCUT2D eigenvalue weighted by Crippen LogP contribution is -2.31. The molecule has 2 rings (SSSR count). The fourth-order valence-electron chi connectivity index (χ4n) is 2.07. The van der Waals surface area contributed by atoms with Crippen LogP contribution in [0.4, 0.5) is 0 Å². The molecule has 0 radical (unpaired) electrons. The van der Waals surface area contributed by atoms with Crippen LogP contribution in [0.15, 0.2) is 30.4 Å². The zero-order chi connectivity index (χ0) is 11.5. The van der Waals surface area contributed by atoms with Crippen LogP contribution in [0.1, 0.15) is 24.0 Å². The first kappa shape index (κ1) is 11.2. The van der Waals surface area contributed by atoms with Crippen LogP contribution in [-0.2, 0) is 0 Å². The summed E-state index contributed by atoms with van der Waals surface area (Å²) in [5, 5.41) is 9.79. The van der Waals surface area contributed by atoms with Gasteiger partial charge in [-0.1, -0.05) is 12.1 Å². The molecule has 2 nitrogen and oxygen atoms in total. The van der Waals surface area contributed by atoms with Crippen molar-refractivity contribution in [2.45, 2.75) is 38.9 Å². The predicted molar refractivity (Wildman–Crippen MR) is 64.7 cm³/mol. The zero-order valence-corrected chi connectivity index (χ0v) is 9.81. The second-order valence-corrected chi connectivity index (χ2v) is 4.48. The lowest BCUT2D eigenvalue weighted by Gasteiger charge is -2.24. The van der Waals surface area contributed by atoms with Crippen molar-refractivity contribution in [1.29, 1.82) is 0 Å². The van der Waals surface area contributed by atoms with E-state index >= 15 is 0 Å². The van der Waals surface area contributed by atoms with Gasteiger partial charge in [0.1, 0.15) is 11.9 Å². The summed E-state index contributed by atoms with van der Waals surface area (Å²) in [5.41, 5.74) is 2.37. The largest absolute Gasteiger partial charge is 0.484 e. The molecule has 16 heavy (non-hydrogen) atoms. The first-order chi connectivity index (χ1) is 7.65. The number of hydrogen-bond acceptors (Lipinski definition) is 2. The summed E-state index contributed by atoms with van der Waals surface area (Å²) in [6, 6.07) is 6.12. The summed E-state index contributed by atoms with van der Waals surface area (Å²) in [4.78, 5) is 0. The number of aliphatic hydroxyl groups excluding tert-OH is 1. The van der Waals surface area contributed by atoms with Crippen molar-refractivity contribution in [3.63, 3.8) is 0 Å². The van der Waals surface area contributed by atoms with Gasteiger partial charge in [0, 0.05) is 0 Å². The SMILES string of the molecule is Cc1cc(C)cc(O[C@@H]2C=CCC[C@@H]2O)c1. The van der Waals surface area contributed by atoms with E-state index in [0.29, 0.717) is 0 Å². The number of allylic oxidation sites excluding steroid dienone is 1. The van der Waals surface area contributed by atoms with Crippen LogP contribution in [0.5, 0.6) is 5.75 Å². The second kappa shape index (κ2) is 4.71. The van der Waals surface area contributed by atoms with Crippen LogP contribution in [0.25, 0.3) is 0 Å². The second-order valence-electron chi connectivity index (χ2n) is 4.48. The number of hydrogen-bond donors (Lipinski definition) is 1. The molecular weight excluding hydrogens is 200 g/mol. The minimum absolute atomic E-state index is 0.199. The van der Waals surface area contributed by atoms with Gasteiger partial charge in [-0.15, -0.1) is 0 Å². The maximum Gasteiger partial charge on any atom is 0.143 e. The van der Waals surface area contributed by atoms with Gasteiger partial charge >= 0.3 is 0 Å². The van der Waals surface area contributed by atoms with Crippen molar-refractivity contribution < 1.29 is 9.84 Å². The molecule has 0 fully saturated rings. The lowest BCUT2D eigenvalue weighted by atomic mass is 10.0. The Morgan fingerprint density at radius 3 is 2.50 bits per heavy atom. The van der Waals surface area contributed by atoms with E-state index in [4.69, 9.17) is 4.74 Å². The van der Waals surface area contributed by atoms with Crippen LogP contribution in [0.2, 0.25) is 0 Å². The normalized spacial score (nSPS) is 24.4. The standard InChI is InChI=1S/C14H18O2/c1-10-7-11(2)9-12(8-10)16-14-6-4-3-5-13(14)15/h4,6-9,13-15H,3,5H2,1-2H3/t13-,14+/m0/s1. The highest BCUT2D eigenvalue weighted by atomic mass is 16.5. The number of aliphatic hydroxyl groups is 1. The summed E-state index contributed by atoms with van der Waals surface area (Å²) < 4.78 is 5.79. The van der Waals surface area contributed by atoms with Crippen LogP contribution in [-0.4, -0.2) is 17.3 Å². The Kier molecular flexibility index (Phi) is 3.30. The van der Waals surface area contributed by atoms with Gasteiger partial charge < -0.3 is 9.84 Å². The maximum absolute atomic E-state index is 9.79. The molecule has 0 bridgehead atoms. The molecule has 1 aliphatic rings. The van der Waals surface area contributed by atoms with Crippen LogP contribution < -0.4 is 4.74 Å². The van der Waals surface area contributed by atoms with E-state index in [0.717, 1.165) is 18.6 Å². The molecule has 1 N–H and O–H groups in total. The highest BCUT2D eigenvalue weighted by Gasteiger charge is 2.20. The monoisotopic (exact) mass is 218 g/mol. The molecular formula is C14H18O2. The first-order valence-corrected chi connectivity index (χ1v) is 5.75. The molecule has 0 unspecified atom stereocenters. The minimum Gasteiger partial charge on any atom is -0.484 e. The zero-order valence-electron chi connectivity index (χ0n) is 9.81. The number of benzene rings is 1. The lowest BCUT2D eigenvalue weighted by molar-refractivity contribution is 0.0535. The molecule has 0 saturated carbocycles. The van der Waals surface area contributed by atoms with E-state index in [1.165, 1.54) is 11.1 Å². The summed E-state index contributed by atoms with van der Waals surface area (Å²) in [7, 11) is 0. The van der Waals surface area contributed by atoms with Gasteiger partial charge in [0.15, 0.2) is 0 Å². The summed E-state index contributed by atoms with van der Waals surface area (Å²) >= 11 is 0. The van der Waals surface area contributed by atoms with Crippen molar-refractivity contribution in [2.75, 3.05) is 0 Å². The molecule has 2 heteroatoms. The maximum atomic E-state index is 9.79. The smallest absolute Gasteiger partial charge is 0.143 e. The van der Waals surface area contributed by atoms with Gasteiger partial charge in [-0.25, -0.2) is 0 Å². The Labute approximate surface area is 96.6 Å². The Hall–Kier alpha value is -1.28. The first-order valence-electron chi connectivity index (χ1n) is 5.75. The third-order valence-electron chi connectivity index (χ3n) is 2.80. The van der Waals surface area contributed by atoms with Gasteiger partial charge in [-0.2, -0.15) is 0 Å². The van der Waals surface area contributed by atoms with Crippen LogP contribution in [0.3, 0.4) is 0 Å².